The number of rotatable bonds is 7. The molecule has 0 aliphatic rings. The number of benzene rings is 2. The van der Waals surface area contributed by atoms with Crippen LogP contribution in [0.1, 0.15) is 10.4 Å². The molecule has 0 heterocycles. The first-order chi connectivity index (χ1) is 14.3. The standard InChI is InChI=1S/C18H16ClF3N2O6S/c1-24(2)31(27,28)15-9-11(3-8-14(15)19)17(26)29-10-16(25)23-12-4-6-13(7-5-12)30-18(20,21)22/h3-9H,10H2,1-2H3,(H,23,25). The monoisotopic (exact) mass is 480 g/mol. The second-order valence-electron chi connectivity index (χ2n) is 6.13. The van der Waals surface area contributed by atoms with Crippen LogP contribution < -0.4 is 10.1 Å². The van der Waals surface area contributed by atoms with Crippen molar-refractivity contribution < 1.29 is 40.7 Å². The Morgan fingerprint density at radius 1 is 1.10 bits per heavy atom. The first-order valence-corrected chi connectivity index (χ1v) is 10.2. The highest BCUT2D eigenvalue weighted by Gasteiger charge is 2.31. The lowest BCUT2D eigenvalue weighted by Crippen LogP contribution is -2.23. The summed E-state index contributed by atoms with van der Waals surface area (Å²) in [4.78, 5) is 23.8. The number of nitrogens with zero attached hydrogens (tertiary/aromatic N) is 1. The molecule has 1 amide bonds. The van der Waals surface area contributed by atoms with E-state index < -0.39 is 40.6 Å². The summed E-state index contributed by atoms with van der Waals surface area (Å²) in [6, 6.07) is 7.79. The largest absolute Gasteiger partial charge is 0.573 e. The van der Waals surface area contributed by atoms with Crippen molar-refractivity contribution in [3.8, 4) is 5.75 Å². The van der Waals surface area contributed by atoms with E-state index in [4.69, 9.17) is 16.3 Å². The van der Waals surface area contributed by atoms with Crippen molar-refractivity contribution in [2.24, 2.45) is 0 Å². The molecule has 8 nitrogen and oxygen atoms in total. The zero-order valence-electron chi connectivity index (χ0n) is 16.1. The molecule has 0 saturated heterocycles. The van der Waals surface area contributed by atoms with Gasteiger partial charge in [0.15, 0.2) is 6.61 Å². The average Bonchev–Trinajstić information content (AvgIpc) is 2.66. The van der Waals surface area contributed by atoms with E-state index in [9.17, 15) is 31.2 Å². The molecule has 168 valence electrons. The summed E-state index contributed by atoms with van der Waals surface area (Å²) in [5.41, 5.74) is -0.00675. The van der Waals surface area contributed by atoms with E-state index in [2.05, 4.69) is 10.1 Å². The first-order valence-electron chi connectivity index (χ1n) is 8.34. The predicted molar refractivity (Wildman–Crippen MR) is 104 cm³/mol. The van der Waals surface area contributed by atoms with Gasteiger partial charge in [0.25, 0.3) is 5.91 Å². The van der Waals surface area contributed by atoms with E-state index >= 15 is 0 Å². The molecule has 0 spiro atoms. The van der Waals surface area contributed by atoms with Crippen LogP contribution in [0.4, 0.5) is 18.9 Å². The van der Waals surface area contributed by atoms with Crippen molar-refractivity contribution in [2.45, 2.75) is 11.3 Å². The SMILES string of the molecule is CN(C)S(=O)(=O)c1cc(C(=O)OCC(=O)Nc2ccc(OC(F)(F)F)cc2)ccc1Cl. The minimum absolute atomic E-state index is 0.0963. The Morgan fingerprint density at radius 2 is 1.71 bits per heavy atom. The van der Waals surface area contributed by atoms with Crippen LogP contribution in [0.2, 0.25) is 5.02 Å². The van der Waals surface area contributed by atoms with E-state index in [1.165, 1.54) is 38.4 Å². The zero-order valence-corrected chi connectivity index (χ0v) is 17.6. The lowest BCUT2D eigenvalue weighted by Gasteiger charge is -2.13. The second kappa shape index (κ2) is 9.54. The Labute approximate surface area is 180 Å². The second-order valence-corrected chi connectivity index (χ2v) is 8.66. The van der Waals surface area contributed by atoms with Crippen molar-refractivity contribution >= 4 is 39.2 Å². The van der Waals surface area contributed by atoms with Crippen molar-refractivity contribution in [2.75, 3.05) is 26.0 Å². The predicted octanol–water partition coefficient (Wildman–Crippen LogP) is 3.28. The fourth-order valence-corrected chi connectivity index (χ4v) is 3.57. The number of sulfonamides is 1. The van der Waals surface area contributed by atoms with Crippen LogP contribution in [0, 0.1) is 0 Å². The summed E-state index contributed by atoms with van der Waals surface area (Å²) in [5.74, 6) is -2.22. The fraction of sp³-hybridized carbons (Fsp3) is 0.222. The van der Waals surface area contributed by atoms with Crippen LogP contribution >= 0.6 is 11.6 Å². The summed E-state index contributed by atoms with van der Waals surface area (Å²) in [7, 11) is -1.33. The van der Waals surface area contributed by atoms with Gasteiger partial charge in [-0.3, -0.25) is 4.79 Å². The van der Waals surface area contributed by atoms with Crippen LogP contribution in [0.25, 0.3) is 0 Å². The number of carbonyl (C=O) groups is 2. The van der Waals surface area contributed by atoms with E-state index in [1.807, 2.05) is 0 Å². The van der Waals surface area contributed by atoms with Gasteiger partial charge >= 0.3 is 12.3 Å². The summed E-state index contributed by atoms with van der Waals surface area (Å²) in [6.45, 7) is -0.724. The maximum absolute atomic E-state index is 12.3. The summed E-state index contributed by atoms with van der Waals surface area (Å²) >= 11 is 5.90. The Morgan fingerprint density at radius 3 is 2.26 bits per heavy atom. The van der Waals surface area contributed by atoms with Gasteiger partial charge in [0.2, 0.25) is 10.0 Å². The molecule has 1 N–H and O–H groups in total. The third kappa shape index (κ3) is 6.84. The van der Waals surface area contributed by atoms with Gasteiger partial charge in [-0.25, -0.2) is 17.5 Å². The van der Waals surface area contributed by atoms with E-state index in [0.29, 0.717) is 0 Å². The molecule has 0 saturated carbocycles. The van der Waals surface area contributed by atoms with Gasteiger partial charge in [-0.05, 0) is 42.5 Å². The number of hydrogen-bond acceptors (Lipinski definition) is 6. The highest BCUT2D eigenvalue weighted by Crippen LogP contribution is 2.26. The van der Waals surface area contributed by atoms with E-state index in [1.54, 1.807) is 0 Å². The molecule has 0 fully saturated rings. The smallest absolute Gasteiger partial charge is 0.452 e. The van der Waals surface area contributed by atoms with Gasteiger partial charge in [0, 0.05) is 19.8 Å². The molecule has 0 unspecified atom stereocenters. The van der Waals surface area contributed by atoms with Gasteiger partial charge in [0.1, 0.15) is 10.6 Å². The number of esters is 1. The molecule has 0 aliphatic heterocycles. The third-order valence-corrected chi connectivity index (χ3v) is 5.93. The van der Waals surface area contributed by atoms with Crippen molar-refractivity contribution in [3.63, 3.8) is 0 Å². The Balaban J connectivity index is 1.99. The Kier molecular flexibility index (Phi) is 7.52. The molecule has 2 rings (SSSR count). The van der Waals surface area contributed by atoms with Crippen molar-refractivity contribution in [3.05, 3.63) is 53.1 Å². The third-order valence-electron chi connectivity index (χ3n) is 3.63. The highest BCUT2D eigenvalue weighted by atomic mass is 35.5. The molecule has 0 atom stereocenters. The zero-order chi connectivity index (χ0) is 23.4. The molecule has 31 heavy (non-hydrogen) atoms. The molecule has 0 radical (unpaired) electrons. The number of halogens is 4. The summed E-state index contributed by atoms with van der Waals surface area (Å²) < 4.78 is 70.4. The molecule has 13 heteroatoms. The van der Waals surface area contributed by atoms with Crippen LogP contribution in [-0.4, -0.2) is 51.7 Å². The van der Waals surface area contributed by atoms with Crippen LogP contribution in [0.3, 0.4) is 0 Å². The topological polar surface area (TPSA) is 102 Å². The molecule has 2 aromatic carbocycles. The van der Waals surface area contributed by atoms with Crippen LogP contribution in [0.5, 0.6) is 5.75 Å². The maximum atomic E-state index is 12.3. The number of hydrogen-bond donors (Lipinski definition) is 1. The minimum atomic E-state index is -4.84. The molecule has 0 aliphatic carbocycles. The van der Waals surface area contributed by atoms with Gasteiger partial charge in [-0.2, -0.15) is 0 Å². The Bertz CT molecular complexity index is 1070. The first kappa shape index (κ1) is 24.4. The number of anilines is 1. The van der Waals surface area contributed by atoms with E-state index in [0.717, 1.165) is 22.5 Å². The summed E-state index contributed by atoms with van der Waals surface area (Å²) in [5, 5.41) is 2.23. The normalized spacial score (nSPS) is 11.8. The number of carbonyl (C=O) groups excluding carboxylic acids is 2. The van der Waals surface area contributed by atoms with Crippen LogP contribution in [0.15, 0.2) is 47.4 Å². The molecule has 0 aromatic heterocycles. The van der Waals surface area contributed by atoms with Gasteiger partial charge in [-0.1, -0.05) is 11.6 Å². The lowest BCUT2D eigenvalue weighted by molar-refractivity contribution is -0.274. The van der Waals surface area contributed by atoms with Gasteiger partial charge in [-0.15, -0.1) is 13.2 Å². The van der Waals surface area contributed by atoms with Gasteiger partial charge in [0.05, 0.1) is 10.6 Å². The quantitative estimate of drug-likeness (QED) is 0.610. The average molecular weight is 481 g/mol. The number of alkyl halides is 3. The molecular formula is C18H16ClF3N2O6S. The maximum Gasteiger partial charge on any atom is 0.573 e. The van der Waals surface area contributed by atoms with Crippen LogP contribution in [-0.2, 0) is 19.6 Å². The number of ether oxygens (including phenoxy) is 2. The summed E-state index contributed by atoms with van der Waals surface area (Å²) in [6.07, 6.45) is -4.84. The molecule has 0 bridgehead atoms. The lowest BCUT2D eigenvalue weighted by atomic mass is 10.2. The number of nitrogens with one attached hydrogen (secondary N) is 1. The molecule has 2 aromatic rings. The highest BCUT2D eigenvalue weighted by molar-refractivity contribution is 7.89. The van der Waals surface area contributed by atoms with Crippen molar-refractivity contribution in [1.82, 2.24) is 4.31 Å². The molecular weight excluding hydrogens is 465 g/mol. The van der Waals surface area contributed by atoms with Crippen molar-refractivity contribution in [1.29, 1.82) is 0 Å². The fourth-order valence-electron chi connectivity index (χ4n) is 2.18. The Hall–Kier alpha value is -2.83. The minimum Gasteiger partial charge on any atom is -0.452 e. The number of amides is 1. The van der Waals surface area contributed by atoms with E-state index in [-0.39, 0.29) is 21.2 Å². The van der Waals surface area contributed by atoms with Gasteiger partial charge < -0.3 is 14.8 Å².